The van der Waals surface area contributed by atoms with Gasteiger partial charge in [-0.3, -0.25) is 9.97 Å². The molecule has 0 amide bonds. The van der Waals surface area contributed by atoms with Gasteiger partial charge in [-0.25, -0.2) is 4.98 Å². The number of pyridine rings is 3. The Kier molecular flexibility index (Phi) is 5.43. The lowest BCUT2D eigenvalue weighted by atomic mass is 10.0. The highest BCUT2D eigenvalue weighted by Crippen LogP contribution is 2.39. The molecule has 0 atom stereocenters. The first-order valence-corrected chi connectivity index (χ1v) is 14.7. The highest BCUT2D eigenvalue weighted by Gasteiger charge is 2.18. The quantitative estimate of drug-likeness (QED) is 0.214. The molecule has 5 aromatic heterocycles. The Labute approximate surface area is 253 Å². The number of fused-ring (bicyclic) bond motifs is 6. The predicted octanol–water partition coefficient (Wildman–Crippen LogP) is 9.40. The van der Waals surface area contributed by atoms with E-state index >= 15 is 0 Å². The Balaban J connectivity index is 1.40. The van der Waals surface area contributed by atoms with Crippen LogP contribution >= 0.6 is 0 Å². The minimum atomic E-state index is 0.801. The number of para-hydroxylation sites is 2. The smallest absolute Gasteiger partial charge is 0.0915 e. The third kappa shape index (κ3) is 3.83. The third-order valence-electron chi connectivity index (χ3n) is 8.42. The monoisotopic (exact) mass is 563 g/mol. The lowest BCUT2D eigenvalue weighted by Gasteiger charge is -2.14. The average Bonchev–Trinajstić information content (AvgIpc) is 3.67. The first-order valence-electron chi connectivity index (χ1n) is 14.7. The summed E-state index contributed by atoms with van der Waals surface area (Å²) in [6.45, 7) is 0. The summed E-state index contributed by atoms with van der Waals surface area (Å²) in [6.07, 6.45) is 5.78. The fourth-order valence-electron chi connectivity index (χ4n) is 6.43. The van der Waals surface area contributed by atoms with Crippen molar-refractivity contribution in [2.45, 2.75) is 0 Å². The highest BCUT2D eigenvalue weighted by molar-refractivity contribution is 6.20. The molecule has 206 valence electrons. The van der Waals surface area contributed by atoms with Crippen molar-refractivity contribution in [2.75, 3.05) is 0 Å². The van der Waals surface area contributed by atoms with Crippen LogP contribution in [0, 0.1) is 0 Å². The molecule has 5 heterocycles. The molecule has 0 aliphatic rings. The van der Waals surface area contributed by atoms with Crippen LogP contribution in [0.5, 0.6) is 0 Å². The van der Waals surface area contributed by atoms with Gasteiger partial charge in [-0.2, -0.15) is 0 Å². The van der Waals surface area contributed by atoms with Crippen LogP contribution in [-0.2, 0) is 0 Å². The van der Waals surface area contributed by atoms with Crippen LogP contribution in [0.4, 0.5) is 0 Å². The summed E-state index contributed by atoms with van der Waals surface area (Å²) in [5.41, 5.74) is 8.87. The number of hydrogen-bond donors (Lipinski definition) is 0. The Hall–Kier alpha value is -6.07. The molecule has 0 unspecified atom stereocenters. The Bertz CT molecular complexity index is 2420. The van der Waals surface area contributed by atoms with Crippen LogP contribution in [-0.4, -0.2) is 24.1 Å². The zero-order valence-electron chi connectivity index (χ0n) is 23.7. The molecular weight excluding hydrogens is 538 g/mol. The van der Waals surface area contributed by atoms with Crippen molar-refractivity contribution in [2.24, 2.45) is 0 Å². The van der Waals surface area contributed by atoms with E-state index in [1.54, 1.807) is 0 Å². The van der Waals surface area contributed by atoms with Crippen molar-refractivity contribution in [3.63, 3.8) is 0 Å². The van der Waals surface area contributed by atoms with Crippen LogP contribution < -0.4 is 0 Å². The normalized spacial score (nSPS) is 11.6. The van der Waals surface area contributed by atoms with Gasteiger partial charge in [0.05, 0.1) is 45.0 Å². The largest absolute Gasteiger partial charge is 0.317 e. The number of hydrogen-bond acceptors (Lipinski definition) is 3. The second-order valence-corrected chi connectivity index (χ2v) is 11.0. The summed E-state index contributed by atoms with van der Waals surface area (Å²) in [6, 6.07) is 46.7. The Morgan fingerprint density at radius 3 is 1.86 bits per heavy atom. The van der Waals surface area contributed by atoms with Gasteiger partial charge in [-0.05, 0) is 78.2 Å². The molecule has 5 nitrogen and oxygen atoms in total. The first-order chi connectivity index (χ1) is 21.8. The van der Waals surface area contributed by atoms with Gasteiger partial charge in [0.1, 0.15) is 0 Å². The van der Waals surface area contributed by atoms with E-state index in [-0.39, 0.29) is 0 Å². The van der Waals surface area contributed by atoms with Gasteiger partial charge in [-0.15, -0.1) is 0 Å². The van der Waals surface area contributed by atoms with E-state index in [4.69, 9.17) is 4.98 Å². The van der Waals surface area contributed by atoms with Crippen molar-refractivity contribution >= 4 is 43.5 Å². The zero-order valence-corrected chi connectivity index (χ0v) is 23.7. The minimum Gasteiger partial charge on any atom is -0.317 e. The molecule has 0 spiro atoms. The summed E-state index contributed by atoms with van der Waals surface area (Å²) in [4.78, 5) is 14.3. The van der Waals surface area contributed by atoms with Gasteiger partial charge in [-0.1, -0.05) is 60.7 Å². The van der Waals surface area contributed by atoms with Crippen LogP contribution in [0.3, 0.4) is 0 Å². The van der Waals surface area contributed by atoms with Crippen molar-refractivity contribution in [3.05, 3.63) is 152 Å². The molecule has 0 saturated carbocycles. The summed E-state index contributed by atoms with van der Waals surface area (Å²) < 4.78 is 4.65. The standard InChI is InChI=1S/C39H25N5/c1-2-10-28(11-3-1)43-21-18-27-22-26-16-17-31-30-12-4-5-15-37(30)44(39(31)32(26)25-38(27)43)29-23-35(33-13-6-8-19-40-33)42-36(24-29)34-14-7-9-20-41-34/h1-25H. The van der Waals surface area contributed by atoms with Gasteiger partial charge < -0.3 is 9.13 Å². The van der Waals surface area contributed by atoms with Crippen LogP contribution in [0.2, 0.25) is 0 Å². The zero-order chi connectivity index (χ0) is 29.0. The van der Waals surface area contributed by atoms with Crippen LogP contribution in [0.25, 0.3) is 77.6 Å². The second-order valence-electron chi connectivity index (χ2n) is 11.0. The molecule has 0 saturated heterocycles. The third-order valence-corrected chi connectivity index (χ3v) is 8.42. The predicted molar refractivity (Wildman–Crippen MR) is 179 cm³/mol. The molecule has 44 heavy (non-hydrogen) atoms. The molecule has 0 aliphatic heterocycles. The molecule has 0 fully saturated rings. The Morgan fingerprint density at radius 2 is 1.14 bits per heavy atom. The van der Waals surface area contributed by atoms with Gasteiger partial charge in [0.15, 0.2) is 0 Å². The van der Waals surface area contributed by atoms with Crippen molar-refractivity contribution < 1.29 is 0 Å². The molecular formula is C39H25N5. The van der Waals surface area contributed by atoms with Crippen molar-refractivity contribution in [3.8, 4) is 34.2 Å². The maximum Gasteiger partial charge on any atom is 0.0915 e. The molecule has 0 bridgehead atoms. The lowest BCUT2D eigenvalue weighted by molar-refractivity contribution is 1.13. The second kappa shape index (κ2) is 9.75. The van der Waals surface area contributed by atoms with E-state index in [2.05, 4.69) is 122 Å². The summed E-state index contributed by atoms with van der Waals surface area (Å²) >= 11 is 0. The molecule has 9 aromatic rings. The van der Waals surface area contributed by atoms with Crippen LogP contribution in [0.15, 0.2) is 152 Å². The van der Waals surface area contributed by atoms with Gasteiger partial charge in [0, 0.05) is 45.8 Å². The van der Waals surface area contributed by atoms with E-state index in [9.17, 15) is 0 Å². The maximum atomic E-state index is 5.04. The minimum absolute atomic E-state index is 0.801. The summed E-state index contributed by atoms with van der Waals surface area (Å²) in [5.74, 6) is 0. The topological polar surface area (TPSA) is 48.5 Å². The molecule has 9 rings (SSSR count). The maximum absolute atomic E-state index is 5.04. The SMILES string of the molecule is c1ccc(-n2ccc3cc4ccc5c6ccccc6n(-c6cc(-c7ccccn7)nc(-c7ccccn7)c6)c5c4cc32)cc1. The number of rotatable bonds is 4. The van der Waals surface area contributed by atoms with E-state index in [1.807, 2.05) is 48.8 Å². The number of nitrogens with zero attached hydrogens (tertiary/aromatic N) is 5. The van der Waals surface area contributed by atoms with E-state index in [0.717, 1.165) is 45.2 Å². The van der Waals surface area contributed by atoms with Gasteiger partial charge in [0.2, 0.25) is 0 Å². The van der Waals surface area contributed by atoms with Crippen molar-refractivity contribution in [1.82, 2.24) is 24.1 Å². The Morgan fingerprint density at radius 1 is 0.432 bits per heavy atom. The number of aromatic nitrogens is 5. The summed E-state index contributed by atoms with van der Waals surface area (Å²) in [5, 5.41) is 6.02. The number of benzene rings is 4. The molecule has 0 aliphatic carbocycles. The van der Waals surface area contributed by atoms with E-state index in [0.29, 0.717) is 0 Å². The summed E-state index contributed by atoms with van der Waals surface area (Å²) in [7, 11) is 0. The van der Waals surface area contributed by atoms with Crippen molar-refractivity contribution in [1.29, 1.82) is 0 Å². The highest BCUT2D eigenvalue weighted by atomic mass is 15.0. The lowest BCUT2D eigenvalue weighted by Crippen LogP contribution is -2.00. The molecule has 0 N–H and O–H groups in total. The molecule has 5 heteroatoms. The van der Waals surface area contributed by atoms with Crippen LogP contribution in [0.1, 0.15) is 0 Å². The molecule has 4 aromatic carbocycles. The fourth-order valence-corrected chi connectivity index (χ4v) is 6.43. The van der Waals surface area contributed by atoms with Gasteiger partial charge in [0.25, 0.3) is 0 Å². The first kappa shape index (κ1) is 24.5. The van der Waals surface area contributed by atoms with E-state index < -0.39 is 0 Å². The fraction of sp³-hybridized carbons (Fsp3) is 0. The van der Waals surface area contributed by atoms with E-state index in [1.165, 1.54) is 32.4 Å². The average molecular weight is 564 g/mol. The van der Waals surface area contributed by atoms with Gasteiger partial charge >= 0.3 is 0 Å². The molecule has 0 radical (unpaired) electrons.